The van der Waals surface area contributed by atoms with Gasteiger partial charge in [0.2, 0.25) is 0 Å². The van der Waals surface area contributed by atoms with Gasteiger partial charge in [-0.2, -0.15) is 0 Å². The number of fused-ring (bicyclic) bond motifs is 1. The number of carbonyl (C=O) groups excluding carboxylic acids is 2. The zero-order valence-corrected chi connectivity index (χ0v) is 13.8. The van der Waals surface area contributed by atoms with Gasteiger partial charge < -0.3 is 14.4 Å². The molecule has 0 N–H and O–H groups in total. The van der Waals surface area contributed by atoms with E-state index in [-0.39, 0.29) is 30.9 Å². The Bertz CT molecular complexity index is 792. The van der Waals surface area contributed by atoms with Gasteiger partial charge in [0, 0.05) is 17.8 Å². The Balaban J connectivity index is 1.51. The number of hydrogen-bond acceptors (Lipinski definition) is 4. The quantitative estimate of drug-likeness (QED) is 0.784. The van der Waals surface area contributed by atoms with E-state index >= 15 is 0 Å². The summed E-state index contributed by atoms with van der Waals surface area (Å²) < 4.78 is 23.2. The van der Waals surface area contributed by atoms with Gasteiger partial charge in [0.15, 0.2) is 13.2 Å². The number of anilines is 1. The molecule has 0 radical (unpaired) electrons. The van der Waals surface area contributed by atoms with Gasteiger partial charge in [0.25, 0.3) is 5.91 Å². The molecule has 130 valence electrons. The van der Waals surface area contributed by atoms with Gasteiger partial charge in [0.05, 0.1) is 0 Å². The molecule has 0 fully saturated rings. The van der Waals surface area contributed by atoms with E-state index in [1.54, 1.807) is 4.90 Å². The number of halogens is 1. The third-order valence-corrected chi connectivity index (χ3v) is 3.99. The summed E-state index contributed by atoms with van der Waals surface area (Å²) in [6.45, 7) is 1.21. The lowest BCUT2D eigenvalue weighted by Gasteiger charge is -2.22. The first kappa shape index (κ1) is 17.0. The third-order valence-electron chi connectivity index (χ3n) is 3.99. The van der Waals surface area contributed by atoms with Gasteiger partial charge in [0.1, 0.15) is 11.6 Å². The second kappa shape index (κ2) is 7.34. The van der Waals surface area contributed by atoms with Crippen LogP contribution in [-0.2, 0) is 20.7 Å². The highest BCUT2D eigenvalue weighted by atomic mass is 19.1. The Hall–Kier alpha value is -2.89. The minimum Gasteiger partial charge on any atom is -0.482 e. The Morgan fingerprint density at radius 2 is 1.96 bits per heavy atom. The molecule has 0 saturated heterocycles. The molecule has 1 aliphatic heterocycles. The van der Waals surface area contributed by atoms with Gasteiger partial charge in [-0.15, -0.1) is 0 Å². The first-order valence-corrected chi connectivity index (χ1v) is 7.98. The molecule has 1 amide bonds. The van der Waals surface area contributed by atoms with Gasteiger partial charge in [-0.3, -0.25) is 4.79 Å². The fourth-order valence-electron chi connectivity index (χ4n) is 2.90. The molecule has 6 heteroatoms. The van der Waals surface area contributed by atoms with Crippen LogP contribution in [0.5, 0.6) is 5.75 Å². The van der Waals surface area contributed by atoms with E-state index in [1.807, 2.05) is 31.2 Å². The van der Waals surface area contributed by atoms with E-state index in [0.717, 1.165) is 17.7 Å². The van der Waals surface area contributed by atoms with Crippen molar-refractivity contribution in [3.8, 4) is 5.75 Å². The first-order valence-electron chi connectivity index (χ1n) is 7.98. The van der Waals surface area contributed by atoms with E-state index in [9.17, 15) is 14.0 Å². The molecule has 1 unspecified atom stereocenters. The van der Waals surface area contributed by atoms with Crippen LogP contribution in [0.4, 0.5) is 10.1 Å². The number of ether oxygens (including phenoxy) is 2. The first-order chi connectivity index (χ1) is 12.0. The summed E-state index contributed by atoms with van der Waals surface area (Å²) in [6.07, 6.45) is 0.776. The van der Waals surface area contributed by atoms with Crippen molar-refractivity contribution in [3.63, 3.8) is 0 Å². The second-order valence-electron chi connectivity index (χ2n) is 5.85. The predicted octanol–water partition coefficient (Wildman–Crippen LogP) is 2.73. The normalized spacial score (nSPS) is 15.6. The summed E-state index contributed by atoms with van der Waals surface area (Å²) in [7, 11) is 0. The van der Waals surface area contributed by atoms with Crippen molar-refractivity contribution in [3.05, 3.63) is 59.9 Å². The number of amides is 1. The Labute approximate surface area is 145 Å². The van der Waals surface area contributed by atoms with Crippen LogP contribution in [0.25, 0.3) is 0 Å². The molecule has 3 rings (SSSR count). The molecule has 5 nitrogen and oxygen atoms in total. The lowest BCUT2D eigenvalue weighted by atomic mass is 10.1. The van der Waals surface area contributed by atoms with Crippen molar-refractivity contribution < 1.29 is 23.5 Å². The number of para-hydroxylation sites is 1. The fourth-order valence-corrected chi connectivity index (χ4v) is 2.90. The average molecular weight is 343 g/mol. The summed E-state index contributed by atoms with van der Waals surface area (Å²) in [5, 5.41) is 0. The molecule has 0 bridgehead atoms. The number of hydrogen-bond donors (Lipinski definition) is 0. The number of nitrogens with zero attached hydrogens (tertiary/aromatic N) is 1. The topological polar surface area (TPSA) is 55.8 Å². The molecule has 1 atom stereocenters. The standard InChI is InChI=1S/C19H18FNO4/c1-13-9-14-5-2-3-8-17(14)21(13)18(22)11-25-19(23)12-24-16-7-4-6-15(20)10-16/h2-8,10,13H,9,11-12H2,1H3. The van der Waals surface area contributed by atoms with E-state index in [1.165, 1.54) is 24.3 Å². The summed E-state index contributed by atoms with van der Waals surface area (Å²) in [5.74, 6) is -1.19. The van der Waals surface area contributed by atoms with Crippen molar-refractivity contribution in [2.24, 2.45) is 0 Å². The molecule has 1 heterocycles. The van der Waals surface area contributed by atoms with Crippen LogP contribution in [0.2, 0.25) is 0 Å². The Kier molecular flexibility index (Phi) is 4.97. The van der Waals surface area contributed by atoms with Crippen LogP contribution in [0.15, 0.2) is 48.5 Å². The highest BCUT2D eigenvalue weighted by Crippen LogP contribution is 2.31. The van der Waals surface area contributed by atoms with E-state index in [4.69, 9.17) is 9.47 Å². The van der Waals surface area contributed by atoms with Crippen LogP contribution in [-0.4, -0.2) is 31.1 Å². The second-order valence-corrected chi connectivity index (χ2v) is 5.85. The highest BCUT2D eigenvalue weighted by molar-refractivity contribution is 5.97. The Morgan fingerprint density at radius 3 is 2.76 bits per heavy atom. The van der Waals surface area contributed by atoms with Crippen LogP contribution in [0, 0.1) is 5.82 Å². The fraction of sp³-hybridized carbons (Fsp3) is 0.263. The third kappa shape index (κ3) is 3.96. The molecule has 0 saturated carbocycles. The molecule has 0 aromatic heterocycles. The van der Waals surface area contributed by atoms with E-state index in [0.29, 0.717) is 0 Å². The van der Waals surface area contributed by atoms with Gasteiger partial charge in [-0.25, -0.2) is 9.18 Å². The van der Waals surface area contributed by atoms with Crippen molar-refractivity contribution in [2.75, 3.05) is 18.1 Å². The maximum Gasteiger partial charge on any atom is 0.344 e. The van der Waals surface area contributed by atoms with Crippen molar-refractivity contribution in [2.45, 2.75) is 19.4 Å². The van der Waals surface area contributed by atoms with Gasteiger partial charge in [-0.05, 0) is 37.1 Å². The summed E-state index contributed by atoms with van der Waals surface area (Å²) in [4.78, 5) is 25.8. The minimum absolute atomic E-state index is 0.0205. The minimum atomic E-state index is -0.683. The smallest absolute Gasteiger partial charge is 0.344 e. The number of benzene rings is 2. The highest BCUT2D eigenvalue weighted by Gasteiger charge is 2.30. The molecule has 25 heavy (non-hydrogen) atoms. The average Bonchev–Trinajstić information content (AvgIpc) is 2.93. The van der Waals surface area contributed by atoms with E-state index in [2.05, 4.69) is 0 Å². The largest absolute Gasteiger partial charge is 0.482 e. The van der Waals surface area contributed by atoms with Crippen LogP contribution >= 0.6 is 0 Å². The molecule has 1 aliphatic rings. The summed E-state index contributed by atoms with van der Waals surface area (Å²) in [5.41, 5.74) is 1.95. The van der Waals surface area contributed by atoms with Crippen molar-refractivity contribution >= 4 is 17.6 Å². The molecular formula is C19H18FNO4. The molecule has 0 aliphatic carbocycles. The number of carbonyl (C=O) groups is 2. The molecular weight excluding hydrogens is 325 g/mol. The zero-order valence-electron chi connectivity index (χ0n) is 13.8. The SMILES string of the molecule is CC1Cc2ccccc2N1C(=O)COC(=O)COc1cccc(F)c1. The number of esters is 1. The van der Waals surface area contributed by atoms with Crippen LogP contribution < -0.4 is 9.64 Å². The number of rotatable bonds is 5. The van der Waals surface area contributed by atoms with Crippen LogP contribution in [0.3, 0.4) is 0 Å². The summed E-state index contributed by atoms with van der Waals surface area (Å²) >= 11 is 0. The maximum absolute atomic E-state index is 13.0. The van der Waals surface area contributed by atoms with Crippen molar-refractivity contribution in [1.29, 1.82) is 0 Å². The van der Waals surface area contributed by atoms with Gasteiger partial charge in [-0.1, -0.05) is 24.3 Å². The monoisotopic (exact) mass is 343 g/mol. The maximum atomic E-state index is 13.0. The zero-order chi connectivity index (χ0) is 17.8. The van der Waals surface area contributed by atoms with Gasteiger partial charge >= 0.3 is 5.97 Å². The van der Waals surface area contributed by atoms with Crippen molar-refractivity contribution in [1.82, 2.24) is 0 Å². The summed E-state index contributed by atoms with van der Waals surface area (Å²) in [6, 6.07) is 13.1. The van der Waals surface area contributed by atoms with Crippen LogP contribution in [0.1, 0.15) is 12.5 Å². The lowest BCUT2D eigenvalue weighted by Crippen LogP contribution is -2.39. The Morgan fingerprint density at radius 1 is 1.16 bits per heavy atom. The predicted molar refractivity (Wildman–Crippen MR) is 89.9 cm³/mol. The molecule has 2 aromatic rings. The van der Waals surface area contributed by atoms with E-state index < -0.39 is 11.8 Å². The lowest BCUT2D eigenvalue weighted by molar-refractivity contribution is -0.149. The molecule has 0 spiro atoms. The molecule has 2 aromatic carbocycles.